The molecule has 3 saturated heterocycles. The molecule has 12 atom stereocenters. The molecule has 0 aromatic heterocycles. The number of amides is 12. The number of alkyl halides is 8. The minimum absolute atomic E-state index is 0.00678. The van der Waals surface area contributed by atoms with Gasteiger partial charge < -0.3 is 69.5 Å². The Bertz CT molecular complexity index is 3330. The average Bonchev–Trinajstić information content (AvgIpc) is 1.04. The molecule has 4 aliphatic heterocycles. The summed E-state index contributed by atoms with van der Waals surface area (Å²) in [6.45, 7) is 10.6. The van der Waals surface area contributed by atoms with Crippen LogP contribution in [0.3, 0.4) is 0 Å². The number of likely N-dealkylation sites (N-methyl/N-ethyl adjacent to an activating group) is 6. The molecule has 3 N–H and O–H groups in total. The molecule has 1 spiro atoms. The predicted molar refractivity (Wildman–Crippen MR) is 397 cm³/mol. The van der Waals surface area contributed by atoms with Crippen LogP contribution in [0.25, 0.3) is 0 Å². The molecule has 12 amide bonds. The van der Waals surface area contributed by atoms with E-state index < -0.39 is 242 Å². The number of fused-ring (bicyclic) bond motifs is 3. The van der Waals surface area contributed by atoms with Gasteiger partial charge in [0.1, 0.15) is 72.1 Å². The number of nitrogens with one attached hydrogen (secondary N) is 3. The van der Waals surface area contributed by atoms with Gasteiger partial charge >= 0.3 is 12.4 Å². The van der Waals surface area contributed by atoms with E-state index in [0.717, 1.165) is 35.8 Å². The van der Waals surface area contributed by atoms with Gasteiger partial charge in [-0.3, -0.25) is 57.5 Å². The van der Waals surface area contributed by atoms with E-state index in [1.165, 1.54) is 59.2 Å². The summed E-state index contributed by atoms with van der Waals surface area (Å²) in [5.41, 5.74) is -2.41. The van der Waals surface area contributed by atoms with Crippen molar-refractivity contribution in [3.05, 3.63) is 12.2 Å². The quantitative estimate of drug-likeness (QED) is 0.113. The maximum atomic E-state index is 15.9. The monoisotopic (exact) mass is 1600 g/mol. The minimum Gasteiger partial charge on any atom is -0.382 e. The second-order valence-electron chi connectivity index (χ2n) is 33.3. The number of hydrogen-bond donors (Lipinski definition) is 3. The summed E-state index contributed by atoms with van der Waals surface area (Å²) in [4.78, 5) is 193. The second-order valence-corrected chi connectivity index (χ2v) is 33.3. The van der Waals surface area contributed by atoms with Crippen LogP contribution in [0, 0.1) is 40.9 Å². The third-order valence-corrected chi connectivity index (χ3v) is 24.8. The van der Waals surface area contributed by atoms with Crippen LogP contribution in [-0.2, 0) is 67.0 Å². The first-order valence-electron chi connectivity index (χ1n) is 40.0. The lowest BCUT2D eigenvalue weighted by molar-refractivity contribution is -0.219. The van der Waals surface area contributed by atoms with Crippen molar-refractivity contribution in [3.8, 4) is 0 Å². The van der Waals surface area contributed by atoms with Gasteiger partial charge in [-0.2, -0.15) is 26.3 Å². The predicted octanol–water partition coefficient (Wildman–Crippen LogP) is 6.76. The Kier molecular flexibility index (Phi) is 32.3. The van der Waals surface area contributed by atoms with Crippen molar-refractivity contribution in [2.24, 2.45) is 40.9 Å². The van der Waals surface area contributed by atoms with Gasteiger partial charge in [0.05, 0.1) is 38.1 Å². The lowest BCUT2D eigenvalue weighted by atomic mass is 9.58. The van der Waals surface area contributed by atoms with Gasteiger partial charge in [-0.15, -0.1) is 0 Å². The van der Waals surface area contributed by atoms with Crippen LogP contribution in [0.5, 0.6) is 0 Å². The number of methoxy groups -OCH3 is 1. The SMILES string of the molecule is CCO[C@@H]1C[C@H]2C(=O)NC3(CC(C)(C)C3)C(=O)N(C)[C@@H](C(CC)CC)C(=O)N(C)[C@H](C(=O)N3CCCCC3)CC(=O)N(C)[C@@H](COC)C(=O)N[C@@H]([C@@H](C)CC)C(=O)N(C)CC(=O)N(C)[C@H]3C/C=C\CCN(C3=O)[C@@H](CC3CCC(C(F)(F)F)CC3)C(=O)N(C)CC(=O)N[C@@H](CCC3CC(F)C(C(F)(F)F)C(F)C3)C(=O)N2C1. The molecule has 0 aromatic carbocycles. The van der Waals surface area contributed by atoms with Crippen molar-refractivity contribution in [3.63, 3.8) is 0 Å². The zero-order valence-electron chi connectivity index (χ0n) is 67.7. The van der Waals surface area contributed by atoms with Crippen LogP contribution in [0.15, 0.2) is 12.2 Å². The van der Waals surface area contributed by atoms with E-state index in [0.29, 0.717) is 45.2 Å². The Morgan fingerprint density at radius 1 is 0.625 bits per heavy atom. The molecular weight excluding hydrogens is 1480 g/mol. The van der Waals surface area contributed by atoms with E-state index in [-0.39, 0.29) is 90.3 Å². The average molecular weight is 1600 g/mol. The molecule has 2 unspecified atom stereocenters. The maximum absolute atomic E-state index is 15.9. The highest BCUT2D eigenvalue weighted by Gasteiger charge is 2.60. The van der Waals surface area contributed by atoms with E-state index in [4.69, 9.17) is 9.47 Å². The zero-order chi connectivity index (χ0) is 83.4. The molecule has 3 saturated carbocycles. The molecule has 0 radical (unpaired) electrons. The number of ether oxygens (including phenoxy) is 2. The van der Waals surface area contributed by atoms with E-state index >= 15 is 47.1 Å². The highest BCUT2D eigenvalue weighted by atomic mass is 19.4. The molecule has 2 bridgehead atoms. The normalized spacial score (nSPS) is 31.7. The van der Waals surface area contributed by atoms with Crippen molar-refractivity contribution < 1.29 is 102 Å². The lowest BCUT2D eigenvalue weighted by Crippen LogP contribution is -2.71. The Labute approximate surface area is 653 Å². The molecule has 0 aromatic rings. The van der Waals surface area contributed by atoms with Crippen LogP contribution < -0.4 is 16.0 Å². The summed E-state index contributed by atoms with van der Waals surface area (Å²) >= 11 is 0. The summed E-state index contributed by atoms with van der Waals surface area (Å²) in [7, 11) is 9.19. The van der Waals surface area contributed by atoms with Crippen LogP contribution in [0.2, 0.25) is 0 Å². The number of rotatable bonds is 15. The fraction of sp³-hybridized carbons (Fsp3) is 0.821. The maximum Gasteiger partial charge on any atom is 0.397 e. The van der Waals surface area contributed by atoms with Crippen LogP contribution >= 0.6 is 0 Å². The number of hydrogen-bond acceptors (Lipinski definition) is 14. The number of carbonyl (C=O) groups excluding carboxylic acids is 12. The second kappa shape index (κ2) is 39.4. The smallest absolute Gasteiger partial charge is 0.382 e. The molecule has 634 valence electrons. The number of likely N-dealkylation sites (tertiary alicyclic amines) is 1. The fourth-order valence-electron chi connectivity index (χ4n) is 18.1. The van der Waals surface area contributed by atoms with Gasteiger partial charge in [-0.05, 0) is 139 Å². The molecule has 6 fully saturated rings. The molecule has 3 aliphatic carbocycles. The third kappa shape index (κ3) is 22.2. The van der Waals surface area contributed by atoms with Gasteiger partial charge in [0.2, 0.25) is 70.9 Å². The Morgan fingerprint density at radius 3 is 1.80 bits per heavy atom. The van der Waals surface area contributed by atoms with Crippen molar-refractivity contribution >= 4 is 70.9 Å². The van der Waals surface area contributed by atoms with Gasteiger partial charge in [0, 0.05) is 88.6 Å². The minimum atomic E-state index is -5.23. The van der Waals surface area contributed by atoms with E-state index in [1.54, 1.807) is 37.8 Å². The topological polar surface area (TPSA) is 289 Å². The molecule has 4 heterocycles. The first kappa shape index (κ1) is 91.9. The molecule has 26 nitrogen and oxygen atoms in total. The molecule has 7 aliphatic rings. The number of piperidine rings is 1. The zero-order valence-corrected chi connectivity index (χ0v) is 67.7. The van der Waals surface area contributed by atoms with Gasteiger partial charge in [0.25, 0.3) is 0 Å². The van der Waals surface area contributed by atoms with Gasteiger partial charge in [0.15, 0.2) is 0 Å². The summed E-state index contributed by atoms with van der Waals surface area (Å²) in [5.74, 6) is -17.3. The summed E-state index contributed by atoms with van der Waals surface area (Å²) < 4.78 is 127. The molecule has 34 heteroatoms. The molecule has 7 rings (SSSR count). The van der Waals surface area contributed by atoms with Crippen molar-refractivity contribution in [2.75, 3.05) is 102 Å². The molecular formula is C78H122F8N12O14. The number of carbonyl (C=O) groups is 12. The fourth-order valence-corrected chi connectivity index (χ4v) is 18.1. The first-order valence-corrected chi connectivity index (χ1v) is 40.0. The van der Waals surface area contributed by atoms with Crippen LogP contribution in [-0.4, -0.2) is 302 Å². The first-order chi connectivity index (χ1) is 52.5. The van der Waals surface area contributed by atoms with E-state index in [9.17, 15) is 45.5 Å². The lowest BCUT2D eigenvalue weighted by Gasteiger charge is -2.54. The van der Waals surface area contributed by atoms with E-state index in [2.05, 4.69) is 16.0 Å². The Morgan fingerprint density at radius 2 is 1.24 bits per heavy atom. The number of nitrogens with zero attached hydrogens (tertiary/aromatic N) is 9. The summed E-state index contributed by atoms with van der Waals surface area (Å²) in [6.07, 6.45) is -13.7. The van der Waals surface area contributed by atoms with Crippen LogP contribution in [0.1, 0.15) is 183 Å². The van der Waals surface area contributed by atoms with Crippen molar-refractivity contribution in [2.45, 2.75) is 268 Å². The standard InChI is InChI=1S/C78H122F8N12O14/c1-15-46(5)64-72(108)91(9)42-62(101)92(10)55-25-21-19-24-34-97(71(55)107)58(37-47-26-29-50(30-27-47)77(81,82)83)69(105)90(8)41-60(99)87-54(31-28-48-35-52(79)63(53(80)36-48)78(84,85)86)68(104)98-40-51(112-18-4)38-56(98)67(103)89-76(44-75(6,7)45-76)74(110)95(13)65(49(16-2)17-3)73(109)94(12)57(70(106)96-32-22-20-23-33-96)39-61(100)93(11)59(43-111-14)66(102)88-64/h19,21,46-59,63-65H,15-18,20,22-45H2,1-14H3,(H,87,99)(H,88,102)(H,89,103)/b21-19-/t46-,47?,48?,50?,51+,52?,53?,54-,55-,56-,57-,58-,59-,63?,64-,65-/m0/s1. The van der Waals surface area contributed by atoms with Crippen molar-refractivity contribution in [1.82, 2.24) is 60.0 Å². The summed E-state index contributed by atoms with van der Waals surface area (Å²) in [6, 6.07) is -11.8. The van der Waals surface area contributed by atoms with Gasteiger partial charge in [-0.1, -0.05) is 73.0 Å². The molecule has 112 heavy (non-hydrogen) atoms. The highest BCUT2D eigenvalue weighted by Crippen LogP contribution is 2.50. The highest BCUT2D eigenvalue weighted by molar-refractivity contribution is 6.01. The Hall–Kier alpha value is -7.26. The van der Waals surface area contributed by atoms with E-state index in [1.807, 2.05) is 27.7 Å². The largest absolute Gasteiger partial charge is 0.397 e. The number of halogens is 8. The third-order valence-electron chi connectivity index (χ3n) is 24.8. The summed E-state index contributed by atoms with van der Waals surface area (Å²) in [5, 5.41) is 8.40. The van der Waals surface area contributed by atoms with Gasteiger partial charge in [-0.25, -0.2) is 8.78 Å². The van der Waals surface area contributed by atoms with Crippen LogP contribution in [0.4, 0.5) is 35.1 Å². The van der Waals surface area contributed by atoms with Crippen molar-refractivity contribution in [1.29, 1.82) is 0 Å². The Balaban J connectivity index is 1.35.